The zero-order valence-electron chi connectivity index (χ0n) is 12.5. The number of benzene rings is 1. The summed E-state index contributed by atoms with van der Waals surface area (Å²) in [5.41, 5.74) is 7.39. The Morgan fingerprint density at radius 3 is 2.57 bits per heavy atom. The first-order valence-electron chi connectivity index (χ1n) is 6.44. The first-order valence-corrected chi connectivity index (χ1v) is 6.44. The number of rotatable bonds is 3. The van der Waals surface area contributed by atoms with Crippen molar-refractivity contribution in [3.63, 3.8) is 0 Å². The molecule has 0 saturated heterocycles. The van der Waals surface area contributed by atoms with Crippen molar-refractivity contribution in [1.29, 1.82) is 5.26 Å². The molecule has 8 heteroatoms. The monoisotopic (exact) mass is 331 g/mol. The third-order valence-electron chi connectivity index (χ3n) is 3.27. The van der Waals surface area contributed by atoms with Crippen LogP contribution >= 0.6 is 12.4 Å². The van der Waals surface area contributed by atoms with E-state index < -0.39 is 0 Å². The van der Waals surface area contributed by atoms with Gasteiger partial charge in [0.05, 0.1) is 25.5 Å². The Labute approximate surface area is 138 Å². The third kappa shape index (κ3) is 2.84. The van der Waals surface area contributed by atoms with Gasteiger partial charge in [-0.25, -0.2) is 4.98 Å². The van der Waals surface area contributed by atoms with Crippen LogP contribution in [0, 0.1) is 11.3 Å². The highest BCUT2D eigenvalue weighted by molar-refractivity contribution is 5.85. The topological polar surface area (TPSA) is 98.5 Å². The molecule has 7 nitrogen and oxygen atoms in total. The summed E-state index contributed by atoms with van der Waals surface area (Å²) in [5.74, 6) is 1.89. The van der Waals surface area contributed by atoms with Gasteiger partial charge in [0, 0.05) is 24.0 Å². The molecule has 0 bridgehead atoms. The second kappa shape index (κ2) is 6.42. The number of halogens is 1. The summed E-state index contributed by atoms with van der Waals surface area (Å²) in [6, 6.07) is 7.13. The molecule has 0 aliphatic carbocycles. The molecule has 0 aliphatic rings. The molecule has 0 radical (unpaired) electrons. The van der Waals surface area contributed by atoms with Gasteiger partial charge in [-0.2, -0.15) is 10.2 Å². The third-order valence-corrected chi connectivity index (χ3v) is 3.27. The number of ether oxygens (including phenoxy) is 2. The van der Waals surface area contributed by atoms with Crippen molar-refractivity contribution in [2.24, 2.45) is 0 Å². The summed E-state index contributed by atoms with van der Waals surface area (Å²) >= 11 is 0. The number of fused-ring (bicyclic) bond motifs is 1. The van der Waals surface area contributed by atoms with Gasteiger partial charge in [-0.05, 0) is 12.1 Å². The molecule has 3 rings (SSSR count). The van der Waals surface area contributed by atoms with Crippen LogP contribution in [0.5, 0.6) is 11.5 Å². The van der Waals surface area contributed by atoms with Crippen LogP contribution in [0.3, 0.4) is 0 Å². The molecule has 0 aliphatic heterocycles. The maximum absolute atomic E-state index is 9.24. The number of anilines is 1. The molecule has 3 aromatic rings. The minimum absolute atomic E-state index is 0. The molecule has 0 unspecified atom stereocenters. The molecular weight excluding hydrogens is 318 g/mol. The van der Waals surface area contributed by atoms with Gasteiger partial charge in [0.15, 0.2) is 0 Å². The summed E-state index contributed by atoms with van der Waals surface area (Å²) in [5, 5.41) is 9.24. The summed E-state index contributed by atoms with van der Waals surface area (Å²) in [4.78, 5) is 8.58. The standard InChI is InChI=1S/C15H13N5O2.ClH/c1-21-12-6-13(22-2)10(5-9(12)7-16)11-8-20-4-3-14(17)19-15(20)18-11;/h3-6,8H,1-2H3,(H2,17,18,19);1H. The van der Waals surface area contributed by atoms with Crippen LogP contribution in [0.4, 0.5) is 5.82 Å². The molecule has 0 spiro atoms. The Morgan fingerprint density at radius 2 is 1.91 bits per heavy atom. The van der Waals surface area contributed by atoms with Gasteiger partial charge in [-0.1, -0.05) is 0 Å². The molecule has 0 fully saturated rings. The quantitative estimate of drug-likeness (QED) is 0.790. The Balaban J connectivity index is 0.00000192. The van der Waals surface area contributed by atoms with Gasteiger partial charge in [-0.15, -0.1) is 12.4 Å². The Morgan fingerprint density at radius 1 is 1.17 bits per heavy atom. The van der Waals surface area contributed by atoms with Crippen LogP contribution in [0.2, 0.25) is 0 Å². The number of hydrogen-bond donors (Lipinski definition) is 1. The van der Waals surface area contributed by atoms with E-state index in [1.54, 1.807) is 42.1 Å². The van der Waals surface area contributed by atoms with Gasteiger partial charge in [0.25, 0.3) is 0 Å². The molecule has 0 saturated carbocycles. The molecule has 2 aromatic heterocycles. The molecule has 1 aromatic carbocycles. The molecule has 23 heavy (non-hydrogen) atoms. The molecule has 0 amide bonds. The molecular formula is C15H14ClN5O2. The van der Waals surface area contributed by atoms with E-state index in [-0.39, 0.29) is 12.4 Å². The maximum Gasteiger partial charge on any atom is 0.236 e. The summed E-state index contributed by atoms with van der Waals surface area (Å²) in [6.45, 7) is 0. The smallest absolute Gasteiger partial charge is 0.236 e. The number of imidazole rings is 1. The second-order valence-corrected chi connectivity index (χ2v) is 4.55. The highest BCUT2D eigenvalue weighted by atomic mass is 35.5. The van der Waals surface area contributed by atoms with Crippen molar-refractivity contribution in [2.45, 2.75) is 0 Å². The number of nitrogens with two attached hydrogens (primary N) is 1. The van der Waals surface area contributed by atoms with Crippen molar-refractivity contribution in [3.8, 4) is 28.8 Å². The van der Waals surface area contributed by atoms with E-state index in [1.165, 1.54) is 7.11 Å². The Hall–Kier alpha value is -2.98. The lowest BCUT2D eigenvalue weighted by Gasteiger charge is -2.10. The fraction of sp³-hybridized carbons (Fsp3) is 0.133. The normalized spacial score (nSPS) is 9.96. The molecule has 118 valence electrons. The lowest BCUT2D eigenvalue weighted by Crippen LogP contribution is -1.94. The van der Waals surface area contributed by atoms with E-state index in [0.29, 0.717) is 39.9 Å². The molecule has 0 atom stereocenters. The number of nitriles is 1. The summed E-state index contributed by atoms with van der Waals surface area (Å²) in [7, 11) is 3.06. The molecule has 2 N–H and O–H groups in total. The molecule has 2 heterocycles. The van der Waals surface area contributed by atoms with Crippen molar-refractivity contribution in [1.82, 2.24) is 14.4 Å². The number of aromatic nitrogens is 3. The fourth-order valence-electron chi connectivity index (χ4n) is 2.20. The number of methoxy groups -OCH3 is 2. The lowest BCUT2D eigenvalue weighted by atomic mass is 10.1. The van der Waals surface area contributed by atoms with Crippen molar-refractivity contribution in [3.05, 3.63) is 36.2 Å². The fourth-order valence-corrected chi connectivity index (χ4v) is 2.20. The zero-order chi connectivity index (χ0) is 15.7. The summed E-state index contributed by atoms with van der Waals surface area (Å²) < 4.78 is 12.3. The number of hydrogen-bond acceptors (Lipinski definition) is 6. The van der Waals surface area contributed by atoms with E-state index in [0.717, 1.165) is 0 Å². The average molecular weight is 332 g/mol. The largest absolute Gasteiger partial charge is 0.496 e. The van der Waals surface area contributed by atoms with Crippen molar-refractivity contribution in [2.75, 3.05) is 20.0 Å². The van der Waals surface area contributed by atoms with Crippen molar-refractivity contribution < 1.29 is 9.47 Å². The highest BCUT2D eigenvalue weighted by Gasteiger charge is 2.15. The minimum atomic E-state index is 0. The number of nitrogen functional groups attached to an aromatic ring is 1. The van der Waals surface area contributed by atoms with Crippen LogP contribution < -0.4 is 15.2 Å². The predicted octanol–water partition coefficient (Wildman–Crippen LogP) is 2.29. The van der Waals surface area contributed by atoms with Gasteiger partial charge >= 0.3 is 0 Å². The predicted molar refractivity (Wildman–Crippen MR) is 87.9 cm³/mol. The van der Waals surface area contributed by atoms with Gasteiger partial charge in [-0.3, -0.25) is 4.40 Å². The van der Waals surface area contributed by atoms with E-state index >= 15 is 0 Å². The Bertz CT molecular complexity index is 901. The van der Waals surface area contributed by atoms with Crippen LogP contribution in [0.15, 0.2) is 30.6 Å². The lowest BCUT2D eigenvalue weighted by molar-refractivity contribution is 0.394. The van der Waals surface area contributed by atoms with Gasteiger partial charge in [0.2, 0.25) is 5.78 Å². The van der Waals surface area contributed by atoms with Crippen LogP contribution in [0.1, 0.15) is 5.56 Å². The first kappa shape index (κ1) is 16.4. The zero-order valence-corrected chi connectivity index (χ0v) is 13.3. The van der Waals surface area contributed by atoms with Gasteiger partial charge in [0.1, 0.15) is 23.4 Å². The van der Waals surface area contributed by atoms with Crippen LogP contribution in [0.25, 0.3) is 17.0 Å². The Kier molecular flexibility index (Phi) is 4.57. The average Bonchev–Trinajstić information content (AvgIpc) is 2.96. The van der Waals surface area contributed by atoms with E-state index in [4.69, 9.17) is 15.2 Å². The second-order valence-electron chi connectivity index (χ2n) is 4.55. The van der Waals surface area contributed by atoms with E-state index in [9.17, 15) is 5.26 Å². The van der Waals surface area contributed by atoms with Crippen LogP contribution in [-0.4, -0.2) is 28.6 Å². The van der Waals surface area contributed by atoms with E-state index in [2.05, 4.69) is 16.0 Å². The minimum Gasteiger partial charge on any atom is -0.496 e. The number of nitrogens with zero attached hydrogens (tertiary/aromatic N) is 4. The van der Waals surface area contributed by atoms with Gasteiger partial charge < -0.3 is 15.2 Å². The maximum atomic E-state index is 9.24. The van der Waals surface area contributed by atoms with Crippen LogP contribution in [-0.2, 0) is 0 Å². The van der Waals surface area contributed by atoms with E-state index in [1.807, 2.05) is 0 Å². The summed E-state index contributed by atoms with van der Waals surface area (Å²) in [6.07, 6.45) is 3.57. The highest BCUT2D eigenvalue weighted by Crippen LogP contribution is 2.35. The van der Waals surface area contributed by atoms with Crippen molar-refractivity contribution >= 4 is 24.0 Å². The SMILES string of the molecule is COc1cc(OC)c(-c2cn3ccc(N)nc3n2)cc1C#N.Cl. The first-order chi connectivity index (χ1) is 10.7.